The Hall–Kier alpha value is -3.33. The van der Waals surface area contributed by atoms with Crippen LogP contribution in [0.5, 0.6) is 0 Å². The molecule has 0 bridgehead atoms. The number of aryl methyl sites for hydroxylation is 2. The van der Waals surface area contributed by atoms with Gasteiger partial charge in [0.2, 0.25) is 0 Å². The molecular weight excluding hydrogens is 471 g/mol. The third-order valence-corrected chi connectivity index (χ3v) is 6.76. The highest BCUT2D eigenvalue weighted by atomic mass is 19.3. The zero-order valence-corrected chi connectivity index (χ0v) is 20.6. The fourth-order valence-electron chi connectivity index (χ4n) is 4.64. The number of furan rings is 1. The van der Waals surface area contributed by atoms with Crippen LogP contribution >= 0.6 is 0 Å². The number of rotatable bonds is 6. The first-order valence-corrected chi connectivity index (χ1v) is 12.0. The molecule has 2 N–H and O–H groups in total. The number of carbonyl (C=O) groups is 1. The van der Waals surface area contributed by atoms with Crippen molar-refractivity contribution in [3.8, 4) is 11.3 Å². The second-order valence-electron chi connectivity index (χ2n) is 9.28. The zero-order chi connectivity index (χ0) is 26.1. The Morgan fingerprint density at radius 2 is 1.89 bits per heavy atom. The Balaban J connectivity index is 1.40. The van der Waals surface area contributed by atoms with Gasteiger partial charge in [-0.1, -0.05) is 13.0 Å². The van der Waals surface area contributed by atoms with Crippen molar-refractivity contribution in [2.45, 2.75) is 58.2 Å². The van der Waals surface area contributed by atoms with Crippen molar-refractivity contribution in [1.29, 1.82) is 0 Å². The molecule has 0 radical (unpaired) electrons. The summed E-state index contributed by atoms with van der Waals surface area (Å²) in [4.78, 5) is 18.7. The van der Waals surface area contributed by atoms with Crippen LogP contribution in [0.3, 0.4) is 0 Å². The number of carbonyl (C=O) groups excluding carboxylic acids is 1. The van der Waals surface area contributed by atoms with E-state index >= 15 is 4.39 Å². The molecule has 0 spiro atoms. The van der Waals surface area contributed by atoms with Crippen LogP contribution in [0.4, 0.5) is 23.7 Å². The number of likely N-dealkylation sites (tertiary alicyclic amines) is 1. The van der Waals surface area contributed by atoms with Gasteiger partial charge in [-0.15, -0.1) is 0 Å². The molecule has 3 heterocycles. The van der Waals surface area contributed by atoms with E-state index in [9.17, 15) is 18.7 Å². The maximum atomic E-state index is 15.9. The van der Waals surface area contributed by atoms with Crippen molar-refractivity contribution in [1.82, 2.24) is 9.88 Å². The van der Waals surface area contributed by atoms with E-state index < -0.39 is 17.6 Å². The van der Waals surface area contributed by atoms with Crippen molar-refractivity contribution < 1.29 is 27.5 Å². The number of hydrogen-bond donors (Lipinski definition) is 2. The number of nitrogens with one attached hydrogen (secondary N) is 1. The molecule has 1 saturated heterocycles. The summed E-state index contributed by atoms with van der Waals surface area (Å²) in [5.74, 6) is -1.94. The van der Waals surface area contributed by atoms with Crippen LogP contribution in [-0.4, -0.2) is 34.1 Å². The molecule has 0 atom stereocenters. The lowest BCUT2D eigenvalue weighted by atomic mass is 9.87. The minimum atomic E-state index is -2.92. The van der Waals surface area contributed by atoms with Crippen molar-refractivity contribution in [3.63, 3.8) is 0 Å². The standard InChI is InChI=1S/C27H30F3N3O3/c1-4-27(29,30)22-7-5-20(14-17(22)2)32-25(35)33-11-9-26(28,10-12-33)24-18(3)13-19(15-31-24)23-8-6-21(16-34)36-23/h5-8,13-15,34H,4,9-12,16H2,1-3H3,(H,32,35). The minimum absolute atomic E-state index is 0.0574. The van der Waals surface area contributed by atoms with Crippen LogP contribution < -0.4 is 5.32 Å². The summed E-state index contributed by atoms with van der Waals surface area (Å²) in [6, 6.07) is 9.13. The first-order valence-electron chi connectivity index (χ1n) is 12.0. The summed E-state index contributed by atoms with van der Waals surface area (Å²) >= 11 is 0. The second kappa shape index (κ2) is 9.97. The van der Waals surface area contributed by atoms with Crippen molar-refractivity contribution in [2.24, 2.45) is 0 Å². The number of pyridine rings is 1. The zero-order valence-electron chi connectivity index (χ0n) is 20.6. The van der Waals surface area contributed by atoms with Gasteiger partial charge in [0.15, 0.2) is 5.67 Å². The molecule has 0 saturated carbocycles. The fourth-order valence-corrected chi connectivity index (χ4v) is 4.64. The summed E-state index contributed by atoms with van der Waals surface area (Å²) in [7, 11) is 0. The molecule has 192 valence electrons. The monoisotopic (exact) mass is 501 g/mol. The van der Waals surface area contributed by atoms with Crippen LogP contribution in [0.25, 0.3) is 11.3 Å². The van der Waals surface area contributed by atoms with Gasteiger partial charge in [-0.3, -0.25) is 4.98 Å². The maximum absolute atomic E-state index is 15.9. The average Bonchev–Trinajstić information content (AvgIpc) is 3.33. The average molecular weight is 502 g/mol. The second-order valence-corrected chi connectivity index (χ2v) is 9.28. The number of anilines is 1. The minimum Gasteiger partial charge on any atom is -0.459 e. The van der Waals surface area contributed by atoms with Crippen LogP contribution in [0.2, 0.25) is 0 Å². The largest absolute Gasteiger partial charge is 0.459 e. The number of urea groups is 1. The molecular formula is C27H30F3N3O3. The topological polar surface area (TPSA) is 78.6 Å². The Kier molecular flexibility index (Phi) is 7.13. The van der Waals surface area contributed by atoms with E-state index in [2.05, 4.69) is 10.3 Å². The van der Waals surface area contributed by atoms with Gasteiger partial charge in [0.05, 0.1) is 5.69 Å². The molecule has 1 aromatic carbocycles. The molecule has 2 aromatic heterocycles. The molecule has 4 rings (SSSR count). The Bertz CT molecular complexity index is 1250. The van der Waals surface area contributed by atoms with Gasteiger partial charge in [0, 0.05) is 55.4 Å². The van der Waals surface area contributed by atoms with E-state index in [0.29, 0.717) is 39.6 Å². The Morgan fingerprint density at radius 1 is 1.17 bits per heavy atom. The molecule has 1 aliphatic rings. The molecule has 3 aromatic rings. The number of alkyl halides is 3. The number of hydrogen-bond acceptors (Lipinski definition) is 4. The molecule has 0 unspecified atom stereocenters. The number of nitrogens with zero attached hydrogens (tertiary/aromatic N) is 2. The van der Waals surface area contributed by atoms with E-state index in [0.717, 1.165) is 0 Å². The number of benzene rings is 1. The number of piperidine rings is 1. The summed E-state index contributed by atoms with van der Waals surface area (Å²) in [6.45, 7) is 4.97. The van der Waals surface area contributed by atoms with Gasteiger partial charge in [0.25, 0.3) is 5.92 Å². The van der Waals surface area contributed by atoms with Gasteiger partial charge >= 0.3 is 6.03 Å². The highest BCUT2D eigenvalue weighted by Crippen LogP contribution is 2.39. The first kappa shape index (κ1) is 25.8. The van der Waals surface area contributed by atoms with E-state index in [1.807, 2.05) is 0 Å². The molecule has 1 aliphatic heterocycles. The van der Waals surface area contributed by atoms with Gasteiger partial charge < -0.3 is 19.7 Å². The Morgan fingerprint density at radius 3 is 2.47 bits per heavy atom. The lowest BCUT2D eigenvalue weighted by Gasteiger charge is -2.36. The van der Waals surface area contributed by atoms with E-state index in [1.54, 1.807) is 38.2 Å². The molecule has 2 amide bonds. The van der Waals surface area contributed by atoms with Crippen molar-refractivity contribution in [2.75, 3.05) is 18.4 Å². The van der Waals surface area contributed by atoms with Crippen molar-refractivity contribution >= 4 is 11.7 Å². The summed E-state index contributed by atoms with van der Waals surface area (Å²) in [5.41, 5.74) is 0.779. The number of aliphatic hydroxyl groups is 1. The van der Waals surface area contributed by atoms with E-state index in [-0.39, 0.29) is 44.5 Å². The highest BCUT2D eigenvalue weighted by Gasteiger charge is 2.40. The number of aliphatic hydroxyl groups excluding tert-OH is 1. The lowest BCUT2D eigenvalue weighted by Crippen LogP contribution is -2.45. The van der Waals surface area contributed by atoms with E-state index in [4.69, 9.17) is 4.42 Å². The normalized spacial score (nSPS) is 15.7. The predicted octanol–water partition coefficient (Wildman–Crippen LogP) is 6.45. The van der Waals surface area contributed by atoms with Gasteiger partial charge in [-0.05, 0) is 55.3 Å². The Labute approximate surface area is 208 Å². The summed E-state index contributed by atoms with van der Waals surface area (Å²) in [5, 5.41) is 11.9. The lowest BCUT2D eigenvalue weighted by molar-refractivity contribution is -0.00887. The molecule has 36 heavy (non-hydrogen) atoms. The number of aromatic nitrogens is 1. The van der Waals surface area contributed by atoms with Crippen LogP contribution in [0.15, 0.2) is 47.0 Å². The van der Waals surface area contributed by atoms with Gasteiger partial charge in [-0.25, -0.2) is 18.0 Å². The maximum Gasteiger partial charge on any atom is 0.321 e. The summed E-state index contributed by atoms with van der Waals surface area (Å²) in [6.07, 6.45) is 1.42. The number of amides is 2. The highest BCUT2D eigenvalue weighted by molar-refractivity contribution is 5.89. The SMILES string of the molecule is CCC(F)(F)c1ccc(NC(=O)N2CCC(F)(c3ncc(-c4ccc(CO)o4)cc3C)CC2)cc1C. The third-order valence-electron chi connectivity index (χ3n) is 6.76. The molecule has 6 nitrogen and oxygen atoms in total. The first-order chi connectivity index (χ1) is 17.1. The van der Waals surface area contributed by atoms with E-state index in [1.165, 1.54) is 30.0 Å². The summed E-state index contributed by atoms with van der Waals surface area (Å²) < 4.78 is 49.5. The molecule has 0 aliphatic carbocycles. The fraction of sp³-hybridized carbons (Fsp3) is 0.407. The van der Waals surface area contributed by atoms with Crippen LogP contribution in [0, 0.1) is 13.8 Å². The molecule has 1 fully saturated rings. The molecule has 9 heteroatoms. The van der Waals surface area contributed by atoms with Crippen LogP contribution in [0.1, 0.15) is 54.3 Å². The predicted molar refractivity (Wildman–Crippen MR) is 131 cm³/mol. The smallest absolute Gasteiger partial charge is 0.321 e. The number of halogens is 3. The van der Waals surface area contributed by atoms with Gasteiger partial charge in [0.1, 0.15) is 18.1 Å². The quantitative estimate of drug-likeness (QED) is 0.407. The van der Waals surface area contributed by atoms with Crippen molar-refractivity contribution in [3.05, 3.63) is 70.7 Å². The van der Waals surface area contributed by atoms with Crippen LogP contribution in [-0.2, 0) is 18.2 Å². The van der Waals surface area contributed by atoms with Gasteiger partial charge in [-0.2, -0.15) is 0 Å². The third kappa shape index (κ3) is 5.11.